The van der Waals surface area contributed by atoms with Gasteiger partial charge < -0.3 is 14.8 Å². The zero-order valence-electron chi connectivity index (χ0n) is 15.7. The number of rotatable bonds is 7. The van der Waals surface area contributed by atoms with Crippen LogP contribution in [0.3, 0.4) is 0 Å². The second-order valence-electron chi connectivity index (χ2n) is 5.86. The van der Waals surface area contributed by atoms with Crippen LogP contribution >= 0.6 is 34.5 Å². The van der Waals surface area contributed by atoms with E-state index in [0.717, 1.165) is 11.3 Å². The third kappa shape index (κ3) is 5.04. The molecule has 6 nitrogen and oxygen atoms in total. The molecule has 0 aliphatic rings. The van der Waals surface area contributed by atoms with Crippen molar-refractivity contribution < 1.29 is 23.9 Å². The maximum absolute atomic E-state index is 12.6. The van der Waals surface area contributed by atoms with Crippen molar-refractivity contribution >= 4 is 57.2 Å². The van der Waals surface area contributed by atoms with Crippen LogP contribution < -0.4 is 10.1 Å². The van der Waals surface area contributed by atoms with Crippen molar-refractivity contribution in [3.63, 3.8) is 0 Å². The molecule has 1 aromatic heterocycles. The van der Waals surface area contributed by atoms with Crippen LogP contribution in [-0.4, -0.2) is 30.4 Å². The molecule has 0 saturated heterocycles. The molecule has 1 atom stereocenters. The molecular formula is C19H19Cl2NO5S. The first-order valence-electron chi connectivity index (χ1n) is 8.39. The number of Topliss-reactive ketones (excluding diaryl/α,β-unsaturated/α-hetero) is 1. The summed E-state index contributed by atoms with van der Waals surface area (Å²) in [5, 5.41) is 3.60. The summed E-state index contributed by atoms with van der Waals surface area (Å²) in [6.07, 6.45) is -0.920. The summed E-state index contributed by atoms with van der Waals surface area (Å²) in [6.45, 7) is 6.42. The van der Waals surface area contributed by atoms with Gasteiger partial charge in [0.1, 0.15) is 10.8 Å². The maximum Gasteiger partial charge on any atom is 0.341 e. The molecule has 2 aromatic rings. The van der Waals surface area contributed by atoms with E-state index in [1.54, 1.807) is 26.0 Å². The van der Waals surface area contributed by atoms with E-state index >= 15 is 0 Å². The van der Waals surface area contributed by atoms with Gasteiger partial charge in [-0.25, -0.2) is 4.79 Å². The lowest BCUT2D eigenvalue weighted by Gasteiger charge is -2.15. The molecule has 0 spiro atoms. The number of thiophene rings is 1. The maximum atomic E-state index is 12.6. The molecule has 0 saturated carbocycles. The van der Waals surface area contributed by atoms with Gasteiger partial charge in [-0.1, -0.05) is 23.2 Å². The van der Waals surface area contributed by atoms with Crippen molar-refractivity contribution in [3.05, 3.63) is 44.2 Å². The average Bonchev–Trinajstić information content (AvgIpc) is 2.93. The van der Waals surface area contributed by atoms with Gasteiger partial charge in [-0.2, -0.15) is 0 Å². The van der Waals surface area contributed by atoms with Gasteiger partial charge in [0, 0.05) is 5.02 Å². The van der Waals surface area contributed by atoms with Gasteiger partial charge in [-0.3, -0.25) is 9.59 Å². The SMILES string of the molecule is CCOC(=O)c1c(NC(=O)[C@@H](C)Oc2ccc(Cl)cc2Cl)sc(C(C)=O)c1C. The summed E-state index contributed by atoms with van der Waals surface area (Å²) in [7, 11) is 0. The van der Waals surface area contributed by atoms with Crippen LogP contribution in [0.4, 0.5) is 5.00 Å². The van der Waals surface area contributed by atoms with Gasteiger partial charge in [0.15, 0.2) is 11.9 Å². The number of carbonyl (C=O) groups excluding carboxylic acids is 3. The van der Waals surface area contributed by atoms with E-state index in [2.05, 4.69) is 5.32 Å². The molecule has 2 rings (SSSR count). The van der Waals surface area contributed by atoms with Crippen molar-refractivity contribution in [3.8, 4) is 5.75 Å². The van der Waals surface area contributed by atoms with Crippen LogP contribution in [0, 0.1) is 6.92 Å². The number of hydrogen-bond donors (Lipinski definition) is 1. The third-order valence-corrected chi connectivity index (χ3v) is 5.59. The highest BCUT2D eigenvalue weighted by atomic mass is 35.5. The first-order valence-corrected chi connectivity index (χ1v) is 9.96. The standard InChI is InChI=1S/C19H19Cl2NO5S/c1-5-26-19(25)15-9(2)16(10(3)23)28-18(15)22-17(24)11(4)27-14-7-6-12(20)8-13(14)21/h6-8,11H,5H2,1-4H3,(H,22,24)/t11-/m1/s1. The highest BCUT2D eigenvalue weighted by Crippen LogP contribution is 2.34. The molecule has 28 heavy (non-hydrogen) atoms. The number of hydrogen-bond acceptors (Lipinski definition) is 6. The highest BCUT2D eigenvalue weighted by Gasteiger charge is 2.27. The second kappa shape index (κ2) is 9.41. The average molecular weight is 444 g/mol. The third-order valence-electron chi connectivity index (χ3n) is 3.75. The lowest BCUT2D eigenvalue weighted by molar-refractivity contribution is -0.122. The van der Waals surface area contributed by atoms with Crippen molar-refractivity contribution in [1.82, 2.24) is 0 Å². The Morgan fingerprint density at radius 2 is 1.93 bits per heavy atom. The van der Waals surface area contributed by atoms with E-state index in [4.69, 9.17) is 32.7 Å². The van der Waals surface area contributed by atoms with Crippen LogP contribution in [0.2, 0.25) is 10.0 Å². The number of esters is 1. The lowest BCUT2D eigenvalue weighted by Crippen LogP contribution is -2.30. The topological polar surface area (TPSA) is 81.7 Å². The van der Waals surface area contributed by atoms with Gasteiger partial charge >= 0.3 is 5.97 Å². The van der Waals surface area contributed by atoms with Crippen molar-refractivity contribution in [2.24, 2.45) is 0 Å². The number of anilines is 1. The Kier molecular flexibility index (Phi) is 7.46. The first kappa shape index (κ1) is 22.2. The fourth-order valence-corrected chi connectivity index (χ4v) is 3.96. The van der Waals surface area contributed by atoms with E-state index < -0.39 is 18.0 Å². The zero-order chi connectivity index (χ0) is 21.0. The van der Waals surface area contributed by atoms with Gasteiger partial charge in [0.2, 0.25) is 0 Å². The zero-order valence-corrected chi connectivity index (χ0v) is 18.1. The van der Waals surface area contributed by atoms with Gasteiger partial charge in [-0.15, -0.1) is 11.3 Å². The number of ether oxygens (including phenoxy) is 2. The number of ketones is 1. The van der Waals surface area contributed by atoms with Crippen molar-refractivity contribution in [1.29, 1.82) is 0 Å². The van der Waals surface area contributed by atoms with Crippen LogP contribution in [0.5, 0.6) is 5.75 Å². The molecule has 1 aromatic carbocycles. The summed E-state index contributed by atoms with van der Waals surface area (Å²) in [5.74, 6) is -1.02. The van der Waals surface area contributed by atoms with E-state index in [9.17, 15) is 14.4 Å². The summed E-state index contributed by atoms with van der Waals surface area (Å²) >= 11 is 12.9. The highest BCUT2D eigenvalue weighted by molar-refractivity contribution is 7.18. The molecule has 0 bridgehead atoms. The van der Waals surface area contributed by atoms with Gasteiger partial charge in [-0.05, 0) is 51.5 Å². The molecular weight excluding hydrogens is 425 g/mol. The molecule has 0 radical (unpaired) electrons. The van der Waals surface area contributed by atoms with Crippen LogP contribution in [0.25, 0.3) is 0 Å². The molecule has 150 valence electrons. The normalized spacial score (nSPS) is 11.6. The molecule has 9 heteroatoms. The van der Waals surface area contributed by atoms with Crippen LogP contribution in [-0.2, 0) is 9.53 Å². The van der Waals surface area contributed by atoms with E-state index in [0.29, 0.717) is 21.2 Å². The van der Waals surface area contributed by atoms with Gasteiger partial charge in [0.25, 0.3) is 5.91 Å². The molecule has 0 aliphatic heterocycles. The number of amides is 1. The minimum Gasteiger partial charge on any atom is -0.479 e. The predicted molar refractivity (Wildman–Crippen MR) is 110 cm³/mol. The summed E-state index contributed by atoms with van der Waals surface area (Å²) < 4.78 is 10.6. The summed E-state index contributed by atoms with van der Waals surface area (Å²) in [4.78, 5) is 37.1. The number of halogens is 2. The summed E-state index contributed by atoms with van der Waals surface area (Å²) in [5.41, 5.74) is 0.641. The van der Waals surface area contributed by atoms with Crippen molar-refractivity contribution in [2.45, 2.75) is 33.8 Å². The number of carbonyl (C=O) groups is 3. The Balaban J connectivity index is 2.25. The lowest BCUT2D eigenvalue weighted by atomic mass is 10.1. The minimum absolute atomic E-state index is 0.169. The van der Waals surface area contributed by atoms with E-state index in [1.165, 1.54) is 19.9 Å². The summed E-state index contributed by atoms with van der Waals surface area (Å²) in [6, 6.07) is 4.65. The monoisotopic (exact) mass is 443 g/mol. The Bertz CT molecular complexity index is 925. The van der Waals surface area contributed by atoms with Crippen molar-refractivity contribution in [2.75, 3.05) is 11.9 Å². The molecule has 1 heterocycles. The second-order valence-corrected chi connectivity index (χ2v) is 7.73. The Morgan fingerprint density at radius 3 is 2.50 bits per heavy atom. The Morgan fingerprint density at radius 1 is 1.25 bits per heavy atom. The van der Waals surface area contributed by atoms with E-state index in [1.807, 2.05) is 0 Å². The van der Waals surface area contributed by atoms with Crippen LogP contribution in [0.15, 0.2) is 18.2 Å². The molecule has 1 amide bonds. The smallest absolute Gasteiger partial charge is 0.341 e. The number of nitrogens with one attached hydrogen (secondary N) is 1. The van der Waals surface area contributed by atoms with Crippen LogP contribution in [0.1, 0.15) is 46.4 Å². The van der Waals surface area contributed by atoms with E-state index in [-0.39, 0.29) is 28.0 Å². The Labute approximate surface area is 176 Å². The minimum atomic E-state index is -0.920. The first-order chi connectivity index (χ1) is 13.1. The molecule has 0 unspecified atom stereocenters. The number of benzene rings is 1. The Hall–Kier alpha value is -2.09. The molecule has 0 aliphatic carbocycles. The fourth-order valence-electron chi connectivity index (χ4n) is 2.41. The molecule has 0 fully saturated rings. The predicted octanol–water partition coefficient (Wildman–Crippen LogP) is 5.15. The fraction of sp³-hybridized carbons (Fsp3) is 0.316. The molecule has 1 N–H and O–H groups in total. The largest absolute Gasteiger partial charge is 0.479 e. The quantitative estimate of drug-likeness (QED) is 0.472. The van der Waals surface area contributed by atoms with Gasteiger partial charge in [0.05, 0.1) is 22.1 Å².